The van der Waals surface area contributed by atoms with Crippen LogP contribution in [0.4, 0.5) is 0 Å². The molecule has 1 N–H and O–H groups in total. The molecule has 0 radical (unpaired) electrons. The van der Waals surface area contributed by atoms with E-state index in [2.05, 4.69) is 20.4 Å². The van der Waals surface area contributed by atoms with Crippen LogP contribution in [0.2, 0.25) is 5.02 Å². The van der Waals surface area contributed by atoms with Crippen molar-refractivity contribution in [2.75, 3.05) is 0 Å². The number of aryl methyl sites for hydroxylation is 2. The van der Waals surface area contributed by atoms with E-state index in [9.17, 15) is 4.79 Å². The summed E-state index contributed by atoms with van der Waals surface area (Å²) in [6.07, 6.45) is 0.654. The number of pyridine rings is 1. The lowest BCUT2D eigenvalue weighted by Gasteiger charge is -2.04. The highest BCUT2D eigenvalue weighted by atomic mass is 35.5. The molecule has 3 rings (SSSR count). The molecule has 0 saturated carbocycles. The molecule has 128 valence electrons. The predicted octanol–water partition coefficient (Wildman–Crippen LogP) is 3.34. The molecule has 0 aliphatic heterocycles. The largest absolute Gasteiger partial charge is 0.350 e. The highest BCUT2D eigenvalue weighted by molar-refractivity contribution is 6.30. The summed E-state index contributed by atoms with van der Waals surface area (Å²) >= 11 is 5.86. The van der Waals surface area contributed by atoms with Crippen LogP contribution in [-0.2, 0) is 17.8 Å². The second-order valence-electron chi connectivity index (χ2n) is 5.57. The number of aromatic nitrogens is 3. The van der Waals surface area contributed by atoms with Crippen molar-refractivity contribution in [3.05, 3.63) is 64.8 Å². The van der Waals surface area contributed by atoms with Gasteiger partial charge in [-0.25, -0.2) is 0 Å². The number of carbonyl (C=O) groups excluding carboxylic acids is 1. The molecule has 1 amide bonds. The van der Waals surface area contributed by atoms with Crippen molar-refractivity contribution in [2.45, 2.75) is 26.3 Å². The Morgan fingerprint density at radius 1 is 1.16 bits per heavy atom. The second-order valence-corrected chi connectivity index (χ2v) is 6.00. The van der Waals surface area contributed by atoms with Crippen molar-refractivity contribution in [1.82, 2.24) is 20.4 Å². The van der Waals surface area contributed by atoms with Crippen molar-refractivity contribution in [3.63, 3.8) is 0 Å². The van der Waals surface area contributed by atoms with E-state index in [1.54, 1.807) is 12.1 Å². The maximum atomic E-state index is 11.9. The van der Waals surface area contributed by atoms with Crippen LogP contribution in [-0.4, -0.2) is 21.0 Å². The number of amides is 1. The van der Waals surface area contributed by atoms with Crippen LogP contribution in [0.15, 0.2) is 47.0 Å². The normalized spacial score (nSPS) is 10.6. The average Bonchev–Trinajstić information content (AvgIpc) is 3.08. The minimum atomic E-state index is -0.0884. The number of hydrogen-bond donors (Lipinski definition) is 1. The molecular weight excluding hydrogens is 340 g/mol. The number of nitrogens with zero attached hydrogens (tertiary/aromatic N) is 3. The summed E-state index contributed by atoms with van der Waals surface area (Å²) < 4.78 is 5.19. The third-order valence-corrected chi connectivity index (χ3v) is 3.80. The van der Waals surface area contributed by atoms with Crippen LogP contribution < -0.4 is 5.32 Å². The van der Waals surface area contributed by atoms with Crippen molar-refractivity contribution in [2.24, 2.45) is 0 Å². The Balaban J connectivity index is 1.50. The molecule has 0 spiro atoms. The number of hydrogen-bond acceptors (Lipinski definition) is 5. The van der Waals surface area contributed by atoms with Crippen molar-refractivity contribution in [3.8, 4) is 11.4 Å². The molecular formula is C18H17ClN4O2. The third-order valence-electron chi connectivity index (χ3n) is 3.55. The van der Waals surface area contributed by atoms with E-state index in [0.29, 0.717) is 29.7 Å². The van der Waals surface area contributed by atoms with Crippen LogP contribution in [0, 0.1) is 6.92 Å². The third kappa shape index (κ3) is 4.87. The van der Waals surface area contributed by atoms with E-state index in [1.165, 1.54) is 0 Å². The van der Waals surface area contributed by atoms with E-state index in [-0.39, 0.29) is 12.3 Å². The Hall–Kier alpha value is -2.73. The van der Waals surface area contributed by atoms with Gasteiger partial charge in [0.2, 0.25) is 17.6 Å². The first kappa shape index (κ1) is 17.1. The second kappa shape index (κ2) is 7.90. The number of halogens is 1. The number of carbonyl (C=O) groups is 1. The Morgan fingerprint density at radius 2 is 1.96 bits per heavy atom. The van der Waals surface area contributed by atoms with Gasteiger partial charge in [0.25, 0.3) is 0 Å². The van der Waals surface area contributed by atoms with Crippen LogP contribution >= 0.6 is 11.6 Å². The van der Waals surface area contributed by atoms with Crippen molar-refractivity contribution >= 4 is 17.5 Å². The zero-order valence-electron chi connectivity index (χ0n) is 13.7. The fourth-order valence-electron chi connectivity index (χ4n) is 2.27. The average molecular weight is 357 g/mol. The lowest BCUT2D eigenvalue weighted by atomic mass is 10.2. The van der Waals surface area contributed by atoms with Gasteiger partial charge in [0.05, 0.1) is 12.2 Å². The fraction of sp³-hybridized carbons (Fsp3) is 0.222. The molecule has 0 fully saturated rings. The van der Waals surface area contributed by atoms with Crippen LogP contribution in [0.25, 0.3) is 11.4 Å². The van der Waals surface area contributed by atoms with E-state index in [0.717, 1.165) is 17.0 Å². The van der Waals surface area contributed by atoms with Gasteiger partial charge in [-0.05, 0) is 43.3 Å². The van der Waals surface area contributed by atoms with E-state index >= 15 is 0 Å². The highest BCUT2D eigenvalue weighted by Gasteiger charge is 2.11. The molecule has 0 saturated heterocycles. The molecule has 25 heavy (non-hydrogen) atoms. The van der Waals surface area contributed by atoms with Gasteiger partial charge in [0, 0.05) is 29.1 Å². The van der Waals surface area contributed by atoms with Gasteiger partial charge in [-0.2, -0.15) is 4.98 Å². The summed E-state index contributed by atoms with van der Waals surface area (Å²) in [5.74, 6) is 0.819. The molecule has 0 aliphatic rings. The van der Waals surface area contributed by atoms with Gasteiger partial charge in [0.1, 0.15) is 0 Å². The van der Waals surface area contributed by atoms with Crippen LogP contribution in [0.5, 0.6) is 0 Å². The van der Waals surface area contributed by atoms with E-state index in [1.807, 2.05) is 37.3 Å². The van der Waals surface area contributed by atoms with E-state index < -0.39 is 0 Å². The summed E-state index contributed by atoms with van der Waals surface area (Å²) in [6.45, 7) is 2.32. The van der Waals surface area contributed by atoms with Gasteiger partial charge >= 0.3 is 0 Å². The van der Waals surface area contributed by atoms with Gasteiger partial charge in [-0.15, -0.1) is 0 Å². The molecule has 0 unspecified atom stereocenters. The molecule has 2 heterocycles. The summed E-state index contributed by atoms with van der Waals surface area (Å²) in [5, 5.41) is 7.41. The van der Waals surface area contributed by atoms with E-state index in [4.69, 9.17) is 16.1 Å². The number of benzene rings is 1. The Labute approximate surface area is 150 Å². The standard InChI is InChI=1S/C18H17ClN4O2/c1-12-3-2-4-15(21-12)11-20-16(24)9-10-17-22-18(23-25-17)13-5-7-14(19)8-6-13/h2-8H,9-11H2,1H3,(H,20,24). The van der Waals surface area contributed by atoms with Gasteiger partial charge in [0.15, 0.2) is 0 Å². The fourth-order valence-corrected chi connectivity index (χ4v) is 2.39. The zero-order chi connectivity index (χ0) is 17.6. The maximum Gasteiger partial charge on any atom is 0.227 e. The van der Waals surface area contributed by atoms with Crippen molar-refractivity contribution < 1.29 is 9.32 Å². The predicted molar refractivity (Wildman–Crippen MR) is 93.9 cm³/mol. The molecule has 7 heteroatoms. The topological polar surface area (TPSA) is 80.9 Å². The zero-order valence-corrected chi connectivity index (χ0v) is 14.5. The lowest BCUT2D eigenvalue weighted by molar-refractivity contribution is -0.121. The first-order chi connectivity index (χ1) is 12.1. The first-order valence-electron chi connectivity index (χ1n) is 7.88. The summed E-state index contributed by atoms with van der Waals surface area (Å²) in [6, 6.07) is 12.9. The van der Waals surface area contributed by atoms with Gasteiger partial charge in [-0.3, -0.25) is 9.78 Å². The first-order valence-corrected chi connectivity index (χ1v) is 8.26. The number of nitrogens with one attached hydrogen (secondary N) is 1. The molecule has 2 aromatic heterocycles. The highest BCUT2D eigenvalue weighted by Crippen LogP contribution is 2.18. The number of rotatable bonds is 6. The Morgan fingerprint density at radius 3 is 2.72 bits per heavy atom. The lowest BCUT2D eigenvalue weighted by Crippen LogP contribution is -2.23. The van der Waals surface area contributed by atoms with Gasteiger partial charge in [-0.1, -0.05) is 22.8 Å². The summed E-state index contributed by atoms with van der Waals surface area (Å²) in [5.41, 5.74) is 2.57. The molecule has 1 aromatic carbocycles. The molecule has 0 atom stereocenters. The van der Waals surface area contributed by atoms with Crippen molar-refractivity contribution in [1.29, 1.82) is 0 Å². The summed E-state index contributed by atoms with van der Waals surface area (Å²) in [7, 11) is 0. The SMILES string of the molecule is Cc1cccc(CNC(=O)CCc2nc(-c3ccc(Cl)cc3)no2)n1. The molecule has 3 aromatic rings. The Kier molecular flexibility index (Phi) is 5.40. The quantitative estimate of drug-likeness (QED) is 0.732. The maximum absolute atomic E-state index is 11.9. The van der Waals surface area contributed by atoms with Gasteiger partial charge < -0.3 is 9.84 Å². The van der Waals surface area contributed by atoms with Crippen LogP contribution in [0.3, 0.4) is 0 Å². The monoisotopic (exact) mass is 356 g/mol. The minimum Gasteiger partial charge on any atom is -0.350 e. The Bertz CT molecular complexity index is 862. The van der Waals surface area contributed by atoms with Crippen LogP contribution in [0.1, 0.15) is 23.7 Å². The molecule has 6 nitrogen and oxygen atoms in total. The minimum absolute atomic E-state index is 0.0884. The smallest absolute Gasteiger partial charge is 0.227 e. The summed E-state index contributed by atoms with van der Waals surface area (Å²) in [4.78, 5) is 20.6. The molecule has 0 aliphatic carbocycles. The molecule has 0 bridgehead atoms.